The van der Waals surface area contributed by atoms with Gasteiger partial charge in [0, 0.05) is 7.05 Å². The quantitative estimate of drug-likeness (QED) is 0.725. The number of nitrogens with zero attached hydrogens (tertiary/aromatic N) is 2. The fraction of sp³-hybridized carbons (Fsp3) is 0.176. The number of aryl methyl sites for hydroxylation is 1. The number of nitrogens with two attached hydrogens (primary N) is 1. The number of nitrogens with one attached hydrogen (secondary N) is 1. The number of carbonyl (C=O) groups is 1. The molecule has 0 unspecified atom stereocenters. The van der Waals surface area contributed by atoms with E-state index in [1.807, 2.05) is 25.1 Å². The fourth-order valence-electron chi connectivity index (χ4n) is 2.60. The lowest BCUT2D eigenvalue weighted by atomic mass is 10.2. The number of carbonyl (C=O) groups excluding carboxylic acids is 1. The lowest BCUT2D eigenvalue weighted by Crippen LogP contribution is -2.28. The summed E-state index contributed by atoms with van der Waals surface area (Å²) in [7, 11) is -2.56. The van der Waals surface area contributed by atoms with E-state index in [0.29, 0.717) is 5.82 Å². The molecule has 1 amide bonds. The van der Waals surface area contributed by atoms with Crippen molar-refractivity contribution in [2.75, 3.05) is 7.05 Å². The predicted octanol–water partition coefficient (Wildman–Crippen LogP) is 1.93. The first-order valence-electron chi connectivity index (χ1n) is 7.68. The Hall–Kier alpha value is -2.78. The van der Waals surface area contributed by atoms with Gasteiger partial charge in [-0.15, -0.1) is 0 Å². The van der Waals surface area contributed by atoms with Crippen molar-refractivity contribution in [3.63, 3.8) is 0 Å². The van der Waals surface area contributed by atoms with E-state index in [9.17, 15) is 17.6 Å². The molecule has 3 aromatic rings. The summed E-state index contributed by atoms with van der Waals surface area (Å²) in [5.74, 6) is -0.969. The van der Waals surface area contributed by atoms with E-state index in [2.05, 4.69) is 9.97 Å². The lowest BCUT2D eigenvalue weighted by molar-refractivity contribution is 0.0777. The molecule has 1 heterocycles. The smallest absolute Gasteiger partial charge is 0.257 e. The van der Waals surface area contributed by atoms with Crippen LogP contribution in [0.5, 0.6) is 0 Å². The summed E-state index contributed by atoms with van der Waals surface area (Å²) >= 11 is 0. The van der Waals surface area contributed by atoms with Crippen LogP contribution in [-0.2, 0) is 16.6 Å². The highest BCUT2D eigenvalue weighted by Gasteiger charge is 2.20. The standard InChI is InChI=1S/C17H17FN4O3S/c1-10-3-6-14-15(7-10)21-16(20-14)9-22(2)17(23)12-8-11(26(19,24)25)4-5-13(12)18/h3-8H,9H2,1-2H3,(H,20,21)(H2,19,24,25). The maximum absolute atomic E-state index is 14.0. The molecule has 0 fully saturated rings. The van der Waals surface area contributed by atoms with Crippen molar-refractivity contribution in [3.8, 4) is 0 Å². The maximum atomic E-state index is 14.0. The largest absolute Gasteiger partial charge is 0.340 e. The molecule has 1 aromatic heterocycles. The summed E-state index contributed by atoms with van der Waals surface area (Å²) in [6, 6.07) is 8.58. The van der Waals surface area contributed by atoms with Crippen molar-refractivity contribution in [2.45, 2.75) is 18.4 Å². The number of primary sulfonamides is 1. The summed E-state index contributed by atoms with van der Waals surface area (Å²) in [5.41, 5.74) is 2.29. The number of benzene rings is 2. The van der Waals surface area contributed by atoms with Crippen LogP contribution >= 0.6 is 0 Å². The molecule has 26 heavy (non-hydrogen) atoms. The van der Waals surface area contributed by atoms with Crippen LogP contribution in [-0.4, -0.2) is 36.2 Å². The third kappa shape index (κ3) is 3.58. The van der Waals surface area contributed by atoms with Gasteiger partial charge in [-0.25, -0.2) is 22.9 Å². The highest BCUT2D eigenvalue weighted by molar-refractivity contribution is 7.89. The van der Waals surface area contributed by atoms with Crippen LogP contribution in [0.1, 0.15) is 21.7 Å². The molecule has 3 N–H and O–H groups in total. The van der Waals surface area contributed by atoms with Crippen LogP contribution in [0.3, 0.4) is 0 Å². The molecule has 0 atom stereocenters. The van der Waals surface area contributed by atoms with Gasteiger partial charge >= 0.3 is 0 Å². The van der Waals surface area contributed by atoms with Crippen LogP contribution in [0, 0.1) is 12.7 Å². The van der Waals surface area contributed by atoms with Gasteiger partial charge < -0.3 is 9.88 Å². The number of hydrogen-bond acceptors (Lipinski definition) is 4. The van der Waals surface area contributed by atoms with Gasteiger partial charge in [0.25, 0.3) is 5.91 Å². The molecule has 7 nitrogen and oxygen atoms in total. The molecule has 0 saturated heterocycles. The Morgan fingerprint density at radius 1 is 1.27 bits per heavy atom. The molecule has 3 rings (SSSR count). The molecule has 0 saturated carbocycles. The van der Waals surface area contributed by atoms with Crippen LogP contribution in [0.2, 0.25) is 0 Å². The monoisotopic (exact) mass is 376 g/mol. The van der Waals surface area contributed by atoms with E-state index in [1.165, 1.54) is 11.9 Å². The minimum absolute atomic E-state index is 0.103. The molecule has 0 bridgehead atoms. The van der Waals surface area contributed by atoms with Gasteiger partial charge in [0.15, 0.2) is 0 Å². The van der Waals surface area contributed by atoms with Gasteiger partial charge in [-0.3, -0.25) is 4.79 Å². The number of imidazole rings is 1. The lowest BCUT2D eigenvalue weighted by Gasteiger charge is -2.16. The van der Waals surface area contributed by atoms with E-state index < -0.39 is 21.7 Å². The fourth-order valence-corrected chi connectivity index (χ4v) is 3.14. The summed E-state index contributed by atoms with van der Waals surface area (Å²) in [5, 5.41) is 5.04. The van der Waals surface area contributed by atoms with Gasteiger partial charge in [0.05, 0.1) is 28.0 Å². The molecule has 0 aliphatic rings. The zero-order valence-electron chi connectivity index (χ0n) is 14.2. The molecular weight excluding hydrogens is 359 g/mol. The van der Waals surface area contributed by atoms with Gasteiger partial charge in [-0.05, 0) is 42.8 Å². The number of aromatic amines is 1. The Morgan fingerprint density at radius 2 is 2.00 bits per heavy atom. The minimum atomic E-state index is -4.04. The molecule has 9 heteroatoms. The van der Waals surface area contributed by atoms with Crippen LogP contribution < -0.4 is 5.14 Å². The SMILES string of the molecule is Cc1ccc2nc(CN(C)C(=O)c3cc(S(N)(=O)=O)ccc3F)[nH]c2c1. The van der Waals surface area contributed by atoms with Crippen molar-refractivity contribution in [2.24, 2.45) is 5.14 Å². The zero-order valence-corrected chi connectivity index (χ0v) is 15.0. The number of hydrogen-bond donors (Lipinski definition) is 2. The Morgan fingerprint density at radius 3 is 2.69 bits per heavy atom. The number of amides is 1. The number of sulfonamides is 1. The maximum Gasteiger partial charge on any atom is 0.257 e. The topological polar surface area (TPSA) is 109 Å². The van der Waals surface area contributed by atoms with Crippen molar-refractivity contribution in [3.05, 3.63) is 59.2 Å². The number of fused-ring (bicyclic) bond motifs is 1. The van der Waals surface area contributed by atoms with E-state index in [0.717, 1.165) is 34.8 Å². The zero-order chi connectivity index (χ0) is 19.1. The highest BCUT2D eigenvalue weighted by atomic mass is 32.2. The van der Waals surface area contributed by atoms with Gasteiger partial charge in [0.1, 0.15) is 11.6 Å². The van der Waals surface area contributed by atoms with Crippen LogP contribution in [0.4, 0.5) is 4.39 Å². The Labute approximate surface area is 149 Å². The number of rotatable bonds is 4. The van der Waals surface area contributed by atoms with Crippen LogP contribution in [0.15, 0.2) is 41.3 Å². The van der Waals surface area contributed by atoms with E-state index in [4.69, 9.17) is 5.14 Å². The molecule has 0 spiro atoms. The van der Waals surface area contributed by atoms with Gasteiger partial charge in [-0.1, -0.05) is 6.07 Å². The first kappa shape index (κ1) is 18.0. The van der Waals surface area contributed by atoms with Crippen molar-refractivity contribution in [1.29, 1.82) is 0 Å². The van der Waals surface area contributed by atoms with Crippen molar-refractivity contribution in [1.82, 2.24) is 14.9 Å². The minimum Gasteiger partial charge on any atom is -0.340 e. The molecule has 2 aromatic carbocycles. The number of halogens is 1. The van der Waals surface area contributed by atoms with E-state index in [1.54, 1.807) is 0 Å². The third-order valence-corrected chi connectivity index (χ3v) is 4.83. The van der Waals surface area contributed by atoms with Crippen LogP contribution in [0.25, 0.3) is 11.0 Å². The molecule has 136 valence electrons. The predicted molar refractivity (Wildman–Crippen MR) is 94.4 cm³/mol. The van der Waals surface area contributed by atoms with Crippen molar-refractivity contribution >= 4 is 27.0 Å². The molecular formula is C17H17FN4O3S. The Bertz CT molecular complexity index is 1110. The van der Waals surface area contributed by atoms with Crippen molar-refractivity contribution < 1.29 is 17.6 Å². The second kappa shape index (κ2) is 6.50. The summed E-state index contributed by atoms with van der Waals surface area (Å²) in [4.78, 5) is 20.9. The molecule has 0 radical (unpaired) electrons. The average molecular weight is 376 g/mol. The second-order valence-electron chi connectivity index (χ2n) is 6.05. The number of H-pyrrole nitrogens is 1. The summed E-state index contributed by atoms with van der Waals surface area (Å²) in [6.07, 6.45) is 0. The number of aromatic nitrogens is 2. The normalized spacial score (nSPS) is 11.7. The van der Waals surface area contributed by atoms with E-state index in [-0.39, 0.29) is 17.0 Å². The Kier molecular flexibility index (Phi) is 4.51. The third-order valence-electron chi connectivity index (χ3n) is 3.92. The average Bonchev–Trinajstić information content (AvgIpc) is 2.94. The van der Waals surface area contributed by atoms with Gasteiger partial charge in [0.2, 0.25) is 10.0 Å². The molecule has 0 aliphatic heterocycles. The summed E-state index contributed by atoms with van der Waals surface area (Å²) < 4.78 is 36.9. The Balaban J connectivity index is 1.87. The summed E-state index contributed by atoms with van der Waals surface area (Å²) in [6.45, 7) is 2.06. The van der Waals surface area contributed by atoms with E-state index >= 15 is 0 Å². The molecule has 0 aliphatic carbocycles. The highest BCUT2D eigenvalue weighted by Crippen LogP contribution is 2.18. The van der Waals surface area contributed by atoms with Gasteiger partial charge in [-0.2, -0.15) is 0 Å². The first-order chi connectivity index (χ1) is 12.1. The first-order valence-corrected chi connectivity index (χ1v) is 9.23. The second-order valence-corrected chi connectivity index (χ2v) is 7.61.